The molecule has 0 saturated heterocycles. The summed E-state index contributed by atoms with van der Waals surface area (Å²) < 4.78 is 6.53. The highest BCUT2D eigenvalue weighted by Crippen LogP contribution is 2.48. The Balaban J connectivity index is 1.30. The molecule has 47 heavy (non-hydrogen) atoms. The summed E-state index contributed by atoms with van der Waals surface area (Å²) in [6.45, 7) is 0. The van der Waals surface area contributed by atoms with E-state index in [0.29, 0.717) is 0 Å². The van der Waals surface area contributed by atoms with Crippen LogP contribution in [0.4, 0.5) is 0 Å². The van der Waals surface area contributed by atoms with Crippen LogP contribution < -0.4 is 0 Å². The smallest absolute Gasteiger partial charge is 0.136 e. The van der Waals surface area contributed by atoms with Crippen LogP contribution in [-0.2, 0) is 0 Å². The minimum absolute atomic E-state index is 0.911. The van der Waals surface area contributed by atoms with Gasteiger partial charge in [0.1, 0.15) is 11.2 Å². The van der Waals surface area contributed by atoms with Gasteiger partial charge in [0, 0.05) is 10.8 Å². The summed E-state index contributed by atoms with van der Waals surface area (Å²) in [5.74, 6) is 0. The topological polar surface area (TPSA) is 13.1 Å². The molecule has 10 rings (SSSR count). The van der Waals surface area contributed by atoms with Gasteiger partial charge in [-0.1, -0.05) is 152 Å². The molecule has 1 heterocycles. The zero-order chi connectivity index (χ0) is 30.9. The molecule has 1 aromatic heterocycles. The summed E-state index contributed by atoms with van der Waals surface area (Å²) in [6, 6.07) is 61.5. The fourth-order valence-corrected chi connectivity index (χ4v) is 7.84. The molecule has 0 unspecified atom stereocenters. The van der Waals surface area contributed by atoms with Gasteiger partial charge in [-0.25, -0.2) is 0 Å². The van der Waals surface area contributed by atoms with Crippen LogP contribution in [0.5, 0.6) is 0 Å². The Hall–Kier alpha value is -6.18. The van der Waals surface area contributed by atoms with Crippen molar-refractivity contribution < 1.29 is 4.42 Å². The number of hydrogen-bond donors (Lipinski definition) is 0. The molecule has 0 bridgehead atoms. The van der Waals surface area contributed by atoms with Crippen molar-refractivity contribution in [2.24, 2.45) is 0 Å². The normalized spacial score (nSPS) is 11.8. The average Bonchev–Trinajstić information content (AvgIpc) is 3.53. The van der Waals surface area contributed by atoms with Gasteiger partial charge in [0.05, 0.1) is 0 Å². The zero-order valence-corrected chi connectivity index (χ0v) is 25.6. The zero-order valence-electron chi connectivity index (χ0n) is 25.6. The van der Waals surface area contributed by atoms with Gasteiger partial charge in [0.25, 0.3) is 0 Å². The molecule has 0 aliphatic carbocycles. The van der Waals surface area contributed by atoms with Crippen LogP contribution in [0.1, 0.15) is 0 Å². The third-order valence-electron chi connectivity index (χ3n) is 9.84. The van der Waals surface area contributed by atoms with E-state index >= 15 is 0 Å². The van der Waals surface area contributed by atoms with Gasteiger partial charge in [0.15, 0.2) is 0 Å². The van der Waals surface area contributed by atoms with Crippen LogP contribution in [0, 0.1) is 0 Å². The monoisotopic (exact) mass is 596 g/mol. The van der Waals surface area contributed by atoms with Crippen molar-refractivity contribution in [1.29, 1.82) is 0 Å². The van der Waals surface area contributed by atoms with Gasteiger partial charge < -0.3 is 4.42 Å². The molecule has 0 radical (unpaired) electrons. The Kier molecular flexibility index (Phi) is 5.64. The lowest BCUT2D eigenvalue weighted by Gasteiger charge is -2.19. The first-order valence-corrected chi connectivity index (χ1v) is 16.2. The van der Waals surface area contributed by atoms with Gasteiger partial charge in [-0.2, -0.15) is 0 Å². The van der Waals surface area contributed by atoms with Crippen LogP contribution in [0.25, 0.3) is 98.4 Å². The fraction of sp³-hybridized carbons (Fsp3) is 0. The first-order valence-electron chi connectivity index (χ1n) is 16.2. The van der Waals surface area contributed by atoms with Crippen LogP contribution >= 0.6 is 0 Å². The Bertz CT molecular complexity index is 2790. The molecule has 9 aromatic carbocycles. The second-order valence-electron chi connectivity index (χ2n) is 12.4. The SMILES string of the molecule is c1cc(-c2cccc3ccccc23)cc(-c2c3ccccc3c(-c3cccc4oc5ccc6ccccc6c5c34)c3ccccc23)c1. The van der Waals surface area contributed by atoms with E-state index < -0.39 is 0 Å². The molecule has 0 atom stereocenters. The largest absolute Gasteiger partial charge is 0.456 e. The Morgan fingerprint density at radius 2 is 0.809 bits per heavy atom. The molecule has 0 fully saturated rings. The summed E-state index contributed by atoms with van der Waals surface area (Å²) in [4.78, 5) is 0. The van der Waals surface area contributed by atoms with E-state index in [2.05, 4.69) is 170 Å². The molecule has 0 spiro atoms. The van der Waals surface area contributed by atoms with E-state index in [0.717, 1.165) is 11.2 Å². The van der Waals surface area contributed by atoms with Crippen molar-refractivity contribution >= 4 is 65.0 Å². The summed E-state index contributed by atoms with van der Waals surface area (Å²) in [5.41, 5.74) is 9.21. The van der Waals surface area contributed by atoms with E-state index in [-0.39, 0.29) is 0 Å². The summed E-state index contributed by atoms with van der Waals surface area (Å²) >= 11 is 0. The number of hydrogen-bond acceptors (Lipinski definition) is 1. The summed E-state index contributed by atoms with van der Waals surface area (Å²) in [6.07, 6.45) is 0. The van der Waals surface area contributed by atoms with E-state index in [1.807, 2.05) is 0 Å². The Labute approximate surface area is 271 Å². The minimum atomic E-state index is 0.911. The molecule has 10 aromatic rings. The van der Waals surface area contributed by atoms with E-state index in [9.17, 15) is 0 Å². The van der Waals surface area contributed by atoms with Crippen LogP contribution in [-0.4, -0.2) is 0 Å². The lowest BCUT2D eigenvalue weighted by Crippen LogP contribution is -1.92. The molecule has 1 nitrogen and oxygen atoms in total. The fourth-order valence-electron chi connectivity index (χ4n) is 7.84. The molecule has 0 aliphatic rings. The molecular formula is C46H28O. The van der Waals surface area contributed by atoms with Crippen molar-refractivity contribution in [2.45, 2.75) is 0 Å². The lowest BCUT2D eigenvalue weighted by molar-refractivity contribution is 0.669. The first-order chi connectivity index (χ1) is 23.3. The molecule has 0 saturated carbocycles. The maximum Gasteiger partial charge on any atom is 0.136 e. The third-order valence-corrected chi connectivity index (χ3v) is 9.84. The number of furan rings is 1. The quantitative estimate of drug-likeness (QED) is 0.185. The predicted octanol–water partition coefficient (Wildman–Crippen LogP) is 13.2. The van der Waals surface area contributed by atoms with Gasteiger partial charge in [0.2, 0.25) is 0 Å². The number of rotatable bonds is 3. The van der Waals surface area contributed by atoms with Crippen LogP contribution in [0.15, 0.2) is 174 Å². The van der Waals surface area contributed by atoms with E-state index in [4.69, 9.17) is 4.42 Å². The number of fused-ring (bicyclic) bond motifs is 8. The maximum absolute atomic E-state index is 6.53. The molecule has 0 aliphatic heterocycles. The molecule has 1 heteroatoms. The van der Waals surface area contributed by atoms with Gasteiger partial charge >= 0.3 is 0 Å². The Morgan fingerprint density at radius 1 is 0.298 bits per heavy atom. The summed E-state index contributed by atoms with van der Waals surface area (Å²) in [7, 11) is 0. The van der Waals surface area contributed by atoms with Crippen LogP contribution in [0.3, 0.4) is 0 Å². The Morgan fingerprint density at radius 3 is 1.55 bits per heavy atom. The van der Waals surface area contributed by atoms with E-state index in [1.165, 1.54) is 87.2 Å². The summed E-state index contributed by atoms with van der Waals surface area (Å²) in [5, 5.41) is 12.2. The highest BCUT2D eigenvalue weighted by Gasteiger charge is 2.21. The molecular weight excluding hydrogens is 569 g/mol. The van der Waals surface area contributed by atoms with Gasteiger partial charge in [-0.05, 0) is 94.7 Å². The number of benzene rings is 9. The second-order valence-corrected chi connectivity index (χ2v) is 12.4. The molecule has 0 amide bonds. The minimum Gasteiger partial charge on any atom is -0.456 e. The van der Waals surface area contributed by atoms with Crippen molar-refractivity contribution in [1.82, 2.24) is 0 Å². The molecule has 0 N–H and O–H groups in total. The van der Waals surface area contributed by atoms with Crippen molar-refractivity contribution in [3.05, 3.63) is 170 Å². The van der Waals surface area contributed by atoms with Crippen molar-refractivity contribution in [2.75, 3.05) is 0 Å². The predicted molar refractivity (Wildman–Crippen MR) is 200 cm³/mol. The van der Waals surface area contributed by atoms with Crippen molar-refractivity contribution in [3.8, 4) is 33.4 Å². The van der Waals surface area contributed by atoms with E-state index in [1.54, 1.807) is 0 Å². The molecule has 218 valence electrons. The van der Waals surface area contributed by atoms with Crippen LogP contribution in [0.2, 0.25) is 0 Å². The highest BCUT2D eigenvalue weighted by molar-refractivity contribution is 6.28. The lowest BCUT2D eigenvalue weighted by atomic mass is 9.84. The highest BCUT2D eigenvalue weighted by atomic mass is 16.3. The third kappa shape index (κ3) is 3.90. The van der Waals surface area contributed by atoms with Gasteiger partial charge in [-0.3, -0.25) is 0 Å². The maximum atomic E-state index is 6.53. The first kappa shape index (κ1) is 26.1. The van der Waals surface area contributed by atoms with Gasteiger partial charge in [-0.15, -0.1) is 0 Å². The second kappa shape index (κ2) is 10.2. The average molecular weight is 597 g/mol. The van der Waals surface area contributed by atoms with Crippen molar-refractivity contribution in [3.63, 3.8) is 0 Å². The standard InChI is InChI=1S/C46H28O/c1-3-17-33-29(12-1)14-10-23-34(33)31-15-9-16-32(28-31)43-36-19-5-7-21-38(36)44(39-22-8-6-20-37(39)43)40-24-11-25-41-46(40)45-35-18-4-2-13-30(35)26-27-42(45)47-41/h1-28H.